The third kappa shape index (κ3) is 17.4. The maximum atomic E-state index is 11.0. The van der Waals surface area contributed by atoms with E-state index >= 15 is 0 Å². The molecule has 0 aliphatic carbocycles. The van der Waals surface area contributed by atoms with Gasteiger partial charge in [-0.25, -0.2) is 0 Å². The van der Waals surface area contributed by atoms with Gasteiger partial charge in [0.15, 0.2) is 0 Å². The van der Waals surface area contributed by atoms with Crippen LogP contribution in [0.5, 0.6) is 5.75 Å². The van der Waals surface area contributed by atoms with E-state index in [1.165, 1.54) is 13.8 Å². The van der Waals surface area contributed by atoms with Crippen LogP contribution in [0.3, 0.4) is 0 Å². The Labute approximate surface area is 189 Å². The quantitative estimate of drug-likeness (QED) is 0.231. The Kier molecular flexibility index (Phi) is 16.9. The minimum absolute atomic E-state index is 0.109. The zero-order valence-electron chi connectivity index (χ0n) is 19.0. The molecule has 0 heterocycles. The van der Waals surface area contributed by atoms with Crippen molar-refractivity contribution in [3.8, 4) is 5.75 Å². The van der Waals surface area contributed by atoms with Gasteiger partial charge in [-0.1, -0.05) is 0 Å². The van der Waals surface area contributed by atoms with E-state index in [2.05, 4.69) is 5.32 Å². The van der Waals surface area contributed by atoms with Crippen LogP contribution in [0, 0.1) is 0 Å². The SMILES string of the molecule is CC(=O)Nc1ccc(OCCOCCOCCOCCOCCOCCOC(C)=O)cc1. The minimum atomic E-state index is -0.312. The van der Waals surface area contributed by atoms with Crippen LogP contribution in [-0.2, 0) is 38.0 Å². The average molecular weight is 458 g/mol. The fourth-order valence-electron chi connectivity index (χ4n) is 2.28. The average Bonchev–Trinajstić information content (AvgIpc) is 2.76. The van der Waals surface area contributed by atoms with Crippen LogP contribution in [0.2, 0.25) is 0 Å². The van der Waals surface area contributed by atoms with Gasteiger partial charge in [-0.05, 0) is 24.3 Å². The van der Waals surface area contributed by atoms with Crippen molar-refractivity contribution in [3.05, 3.63) is 24.3 Å². The molecule has 182 valence electrons. The molecule has 1 rings (SSSR count). The fourth-order valence-corrected chi connectivity index (χ4v) is 2.28. The summed E-state index contributed by atoms with van der Waals surface area (Å²) in [7, 11) is 0. The number of hydrogen-bond donors (Lipinski definition) is 1. The van der Waals surface area contributed by atoms with Crippen molar-refractivity contribution in [2.24, 2.45) is 0 Å². The van der Waals surface area contributed by atoms with Gasteiger partial charge in [-0.3, -0.25) is 9.59 Å². The molecule has 0 saturated carbocycles. The van der Waals surface area contributed by atoms with Gasteiger partial charge in [0.25, 0.3) is 0 Å². The van der Waals surface area contributed by atoms with Gasteiger partial charge in [0.05, 0.1) is 66.1 Å². The van der Waals surface area contributed by atoms with Gasteiger partial charge in [0.1, 0.15) is 19.0 Å². The summed E-state index contributed by atoms with van der Waals surface area (Å²) < 4.78 is 37.1. The van der Waals surface area contributed by atoms with E-state index in [-0.39, 0.29) is 18.5 Å². The second kappa shape index (κ2) is 19.4. The molecule has 0 fully saturated rings. The lowest BCUT2D eigenvalue weighted by Crippen LogP contribution is -2.15. The van der Waals surface area contributed by atoms with Crippen molar-refractivity contribution in [3.63, 3.8) is 0 Å². The lowest BCUT2D eigenvalue weighted by molar-refractivity contribution is -0.142. The fraction of sp³-hybridized carbons (Fsp3) is 0.636. The molecule has 10 nitrogen and oxygen atoms in total. The van der Waals surface area contributed by atoms with E-state index < -0.39 is 0 Å². The molecule has 1 amide bonds. The highest BCUT2D eigenvalue weighted by Gasteiger charge is 1.98. The molecule has 0 radical (unpaired) electrons. The summed E-state index contributed by atoms with van der Waals surface area (Å²) in [4.78, 5) is 21.5. The first-order chi connectivity index (χ1) is 15.6. The normalized spacial score (nSPS) is 10.7. The Hall–Kier alpha value is -2.24. The molecule has 0 aliphatic rings. The summed E-state index contributed by atoms with van der Waals surface area (Å²) in [5, 5.41) is 2.70. The first kappa shape index (κ1) is 27.8. The van der Waals surface area contributed by atoms with Crippen molar-refractivity contribution in [1.29, 1.82) is 0 Å². The maximum absolute atomic E-state index is 11.0. The van der Waals surface area contributed by atoms with E-state index in [9.17, 15) is 9.59 Å². The molecule has 0 atom stereocenters. The molecule has 0 aromatic heterocycles. The predicted octanol–water partition coefficient (Wildman–Crippen LogP) is 1.67. The van der Waals surface area contributed by atoms with E-state index in [4.69, 9.17) is 33.2 Å². The molecule has 1 aromatic carbocycles. The van der Waals surface area contributed by atoms with Crippen molar-refractivity contribution < 1.29 is 42.7 Å². The Morgan fingerprint density at radius 2 is 1.03 bits per heavy atom. The van der Waals surface area contributed by atoms with E-state index in [1.54, 1.807) is 24.3 Å². The summed E-state index contributed by atoms with van der Waals surface area (Å²) in [6.45, 7) is 8.13. The predicted molar refractivity (Wildman–Crippen MR) is 117 cm³/mol. The molecular formula is C22H35NO9. The standard InChI is InChI=1S/C22H35NO9/c1-19(24)23-21-3-5-22(6-4-21)32-18-16-30-14-12-28-10-8-26-7-9-27-11-13-29-15-17-31-20(2)25/h3-6H,7-18H2,1-2H3,(H,23,24). The topological polar surface area (TPSA) is 111 Å². The lowest BCUT2D eigenvalue weighted by atomic mass is 10.3. The Morgan fingerprint density at radius 3 is 1.44 bits per heavy atom. The van der Waals surface area contributed by atoms with Crippen LogP contribution in [0.1, 0.15) is 13.8 Å². The molecule has 10 heteroatoms. The molecular weight excluding hydrogens is 422 g/mol. The zero-order valence-corrected chi connectivity index (χ0v) is 19.0. The number of ether oxygens (including phenoxy) is 7. The molecule has 0 bridgehead atoms. The number of benzene rings is 1. The maximum Gasteiger partial charge on any atom is 0.302 e. The number of carbonyl (C=O) groups is 2. The van der Waals surface area contributed by atoms with Crippen LogP contribution >= 0.6 is 0 Å². The minimum Gasteiger partial charge on any atom is -0.491 e. The van der Waals surface area contributed by atoms with Gasteiger partial charge in [-0.15, -0.1) is 0 Å². The van der Waals surface area contributed by atoms with Crippen LogP contribution in [-0.4, -0.2) is 91.2 Å². The van der Waals surface area contributed by atoms with Crippen LogP contribution < -0.4 is 10.1 Å². The monoisotopic (exact) mass is 457 g/mol. The third-order valence-electron chi connectivity index (χ3n) is 3.69. The summed E-state index contributed by atoms with van der Waals surface area (Å²) in [6, 6.07) is 7.15. The highest BCUT2D eigenvalue weighted by molar-refractivity contribution is 5.88. The molecule has 0 aliphatic heterocycles. The van der Waals surface area contributed by atoms with Gasteiger partial charge >= 0.3 is 5.97 Å². The zero-order chi connectivity index (χ0) is 23.3. The molecule has 0 spiro atoms. The largest absolute Gasteiger partial charge is 0.491 e. The first-order valence-corrected chi connectivity index (χ1v) is 10.6. The Bertz CT molecular complexity index is 610. The third-order valence-corrected chi connectivity index (χ3v) is 3.69. The highest BCUT2D eigenvalue weighted by Crippen LogP contribution is 2.15. The number of hydrogen-bond acceptors (Lipinski definition) is 9. The molecule has 1 aromatic rings. The number of rotatable bonds is 20. The summed E-state index contributed by atoms with van der Waals surface area (Å²) in [6.07, 6.45) is 0. The summed E-state index contributed by atoms with van der Waals surface area (Å²) in [5.74, 6) is 0.294. The molecule has 0 saturated heterocycles. The van der Waals surface area contributed by atoms with Crippen molar-refractivity contribution in [2.75, 3.05) is 84.6 Å². The molecule has 0 unspecified atom stereocenters. The van der Waals surface area contributed by atoms with Gasteiger partial charge in [0.2, 0.25) is 5.91 Å². The number of nitrogens with one attached hydrogen (secondary N) is 1. The summed E-state index contributed by atoms with van der Waals surface area (Å²) >= 11 is 0. The van der Waals surface area contributed by atoms with Crippen LogP contribution in [0.4, 0.5) is 5.69 Å². The van der Waals surface area contributed by atoms with Crippen molar-refractivity contribution in [1.82, 2.24) is 0 Å². The number of anilines is 1. The smallest absolute Gasteiger partial charge is 0.302 e. The van der Waals surface area contributed by atoms with Crippen molar-refractivity contribution >= 4 is 17.6 Å². The second-order valence-electron chi connectivity index (χ2n) is 6.46. The number of esters is 1. The summed E-state index contributed by atoms with van der Waals surface area (Å²) in [5.41, 5.74) is 0.730. The molecule has 1 N–H and O–H groups in total. The van der Waals surface area contributed by atoms with Gasteiger partial charge in [-0.2, -0.15) is 0 Å². The van der Waals surface area contributed by atoms with E-state index in [0.717, 1.165) is 5.69 Å². The number of carbonyl (C=O) groups excluding carboxylic acids is 2. The lowest BCUT2D eigenvalue weighted by Gasteiger charge is -2.09. The second-order valence-corrected chi connectivity index (χ2v) is 6.46. The first-order valence-electron chi connectivity index (χ1n) is 10.6. The van der Waals surface area contributed by atoms with Gasteiger partial charge in [0, 0.05) is 19.5 Å². The Morgan fingerprint density at radius 1 is 0.625 bits per heavy atom. The van der Waals surface area contributed by atoms with Gasteiger partial charge < -0.3 is 38.5 Å². The van der Waals surface area contributed by atoms with E-state index in [1.807, 2.05) is 0 Å². The van der Waals surface area contributed by atoms with E-state index in [0.29, 0.717) is 78.4 Å². The van der Waals surface area contributed by atoms with Crippen LogP contribution in [0.15, 0.2) is 24.3 Å². The van der Waals surface area contributed by atoms with Crippen LogP contribution in [0.25, 0.3) is 0 Å². The van der Waals surface area contributed by atoms with Crippen molar-refractivity contribution in [2.45, 2.75) is 13.8 Å². The number of amides is 1. The molecule has 32 heavy (non-hydrogen) atoms. The Balaban J connectivity index is 1.77. The highest BCUT2D eigenvalue weighted by atomic mass is 16.6.